The second-order valence-corrected chi connectivity index (χ2v) is 12.4. The maximum Gasteiger partial charge on any atom is 0.235 e. The van der Waals surface area contributed by atoms with Gasteiger partial charge in [-0.2, -0.15) is 0 Å². The zero-order chi connectivity index (χ0) is 28.8. The van der Waals surface area contributed by atoms with Crippen molar-refractivity contribution in [1.29, 1.82) is 0 Å². The van der Waals surface area contributed by atoms with Gasteiger partial charge in [-0.25, -0.2) is 9.97 Å². The first-order valence-corrected chi connectivity index (χ1v) is 15.7. The molecule has 0 atom stereocenters. The molecule has 10 aromatic rings. The van der Waals surface area contributed by atoms with E-state index in [1.807, 2.05) is 17.4 Å². The molecule has 3 heterocycles. The first-order chi connectivity index (χ1) is 21.8. The van der Waals surface area contributed by atoms with Gasteiger partial charge in [0.05, 0.1) is 26.9 Å². The van der Waals surface area contributed by atoms with E-state index in [0.29, 0.717) is 5.95 Å². The minimum absolute atomic E-state index is 0.688. The summed E-state index contributed by atoms with van der Waals surface area (Å²) >= 11 is 1.89. The zero-order valence-electron chi connectivity index (χ0n) is 23.5. The summed E-state index contributed by atoms with van der Waals surface area (Å²) in [6.45, 7) is 0. The second-order valence-electron chi connectivity index (χ2n) is 11.3. The van der Waals surface area contributed by atoms with Crippen LogP contribution in [0.15, 0.2) is 140 Å². The lowest BCUT2D eigenvalue weighted by molar-refractivity contribution is 1.02. The number of benzene rings is 7. The van der Waals surface area contributed by atoms with E-state index in [0.717, 1.165) is 27.7 Å². The Balaban J connectivity index is 1.46. The standard InChI is InChI=1S/C40H23N3S/c1-2-13-25(14-3-1)36-29-18-8-10-20-32(29)41-40(42-36)43-33-21-11-9-19-30(33)34-27-16-6-7-17-28(27)35-31-23-22-24-12-4-5-15-26(24)38(31)44-39(35)37(34)43/h1-23H. The Morgan fingerprint density at radius 3 is 1.95 bits per heavy atom. The Hall–Kier alpha value is -5.58. The first-order valence-electron chi connectivity index (χ1n) is 14.9. The molecule has 3 aromatic heterocycles. The fourth-order valence-corrected chi connectivity index (χ4v) is 8.49. The normalized spacial score (nSPS) is 12.1. The molecule has 0 aliphatic rings. The number of para-hydroxylation sites is 2. The Morgan fingerprint density at radius 2 is 1.11 bits per heavy atom. The first kappa shape index (κ1) is 23.9. The average Bonchev–Trinajstić information content (AvgIpc) is 3.66. The lowest BCUT2D eigenvalue weighted by Crippen LogP contribution is -2.03. The molecule has 0 aliphatic carbocycles. The summed E-state index contributed by atoms with van der Waals surface area (Å²) in [5.74, 6) is 0.688. The van der Waals surface area contributed by atoms with Gasteiger partial charge in [0.25, 0.3) is 0 Å². The molecular weight excluding hydrogens is 555 g/mol. The van der Waals surface area contributed by atoms with Crippen LogP contribution in [0.5, 0.6) is 0 Å². The molecule has 7 aromatic carbocycles. The topological polar surface area (TPSA) is 30.7 Å². The Bertz CT molecular complexity index is 2770. The summed E-state index contributed by atoms with van der Waals surface area (Å²) in [5, 5.41) is 11.2. The smallest absolute Gasteiger partial charge is 0.235 e. The number of fused-ring (bicyclic) bond motifs is 13. The van der Waals surface area contributed by atoms with Crippen molar-refractivity contribution in [3.63, 3.8) is 0 Å². The van der Waals surface area contributed by atoms with Gasteiger partial charge in [-0.05, 0) is 33.7 Å². The van der Waals surface area contributed by atoms with E-state index in [1.54, 1.807) is 0 Å². The number of rotatable bonds is 2. The van der Waals surface area contributed by atoms with Crippen molar-refractivity contribution in [3.8, 4) is 17.2 Å². The summed E-state index contributed by atoms with van der Waals surface area (Å²) in [6.07, 6.45) is 0. The highest BCUT2D eigenvalue weighted by Crippen LogP contribution is 2.49. The predicted molar refractivity (Wildman–Crippen MR) is 187 cm³/mol. The molecule has 3 nitrogen and oxygen atoms in total. The lowest BCUT2D eigenvalue weighted by Gasteiger charge is -2.12. The van der Waals surface area contributed by atoms with Gasteiger partial charge < -0.3 is 0 Å². The molecule has 0 spiro atoms. The quantitative estimate of drug-likeness (QED) is 0.205. The third kappa shape index (κ3) is 3.20. The highest BCUT2D eigenvalue weighted by atomic mass is 32.1. The van der Waals surface area contributed by atoms with Crippen molar-refractivity contribution in [2.45, 2.75) is 0 Å². The van der Waals surface area contributed by atoms with E-state index in [1.165, 1.54) is 58.0 Å². The largest absolute Gasteiger partial charge is 0.276 e. The Kier molecular flexibility index (Phi) is 4.87. The van der Waals surface area contributed by atoms with Gasteiger partial charge in [0.15, 0.2) is 0 Å². The van der Waals surface area contributed by atoms with Gasteiger partial charge in [-0.1, -0.05) is 127 Å². The van der Waals surface area contributed by atoms with Crippen LogP contribution in [-0.4, -0.2) is 14.5 Å². The van der Waals surface area contributed by atoms with Crippen LogP contribution in [-0.2, 0) is 0 Å². The molecule has 0 aliphatic heterocycles. The van der Waals surface area contributed by atoms with Crippen LogP contribution in [0.3, 0.4) is 0 Å². The summed E-state index contributed by atoms with van der Waals surface area (Å²) in [7, 11) is 0. The average molecular weight is 578 g/mol. The minimum atomic E-state index is 0.688. The van der Waals surface area contributed by atoms with Gasteiger partial charge in [0.1, 0.15) is 0 Å². The van der Waals surface area contributed by atoms with Crippen LogP contribution in [0.1, 0.15) is 0 Å². The maximum atomic E-state index is 5.36. The van der Waals surface area contributed by atoms with Gasteiger partial charge in [0, 0.05) is 37.2 Å². The molecule has 204 valence electrons. The van der Waals surface area contributed by atoms with Gasteiger partial charge >= 0.3 is 0 Å². The van der Waals surface area contributed by atoms with Crippen LogP contribution in [0, 0.1) is 0 Å². The van der Waals surface area contributed by atoms with Crippen molar-refractivity contribution in [2.24, 2.45) is 0 Å². The van der Waals surface area contributed by atoms with Gasteiger partial charge in [-0.3, -0.25) is 4.57 Å². The van der Waals surface area contributed by atoms with Gasteiger partial charge in [0.2, 0.25) is 5.95 Å². The fourth-order valence-electron chi connectivity index (χ4n) is 7.09. The molecule has 44 heavy (non-hydrogen) atoms. The predicted octanol–water partition coefficient (Wildman–Crippen LogP) is 11.1. The third-order valence-corrected chi connectivity index (χ3v) is 10.2. The van der Waals surface area contributed by atoms with Crippen LogP contribution in [0.4, 0.5) is 0 Å². The van der Waals surface area contributed by atoms with E-state index in [2.05, 4.69) is 138 Å². The van der Waals surface area contributed by atoms with Gasteiger partial charge in [-0.15, -0.1) is 11.3 Å². The van der Waals surface area contributed by atoms with Crippen LogP contribution >= 0.6 is 11.3 Å². The summed E-state index contributed by atoms with van der Waals surface area (Å²) in [6, 6.07) is 49.7. The maximum absolute atomic E-state index is 5.36. The Labute approximate surface area is 256 Å². The van der Waals surface area contributed by atoms with E-state index in [-0.39, 0.29) is 0 Å². The number of nitrogens with zero attached hydrogens (tertiary/aromatic N) is 3. The molecule has 0 saturated carbocycles. The SMILES string of the molecule is c1ccc(-c2nc(-n3c4ccccc4c4c5ccccc5c5c6ccc7ccccc7c6sc5c43)nc3ccccc23)cc1. The molecular formula is C40H23N3S. The van der Waals surface area contributed by atoms with Crippen LogP contribution in [0.25, 0.3) is 91.6 Å². The van der Waals surface area contributed by atoms with E-state index in [9.17, 15) is 0 Å². The van der Waals surface area contributed by atoms with E-state index in [4.69, 9.17) is 9.97 Å². The number of hydrogen-bond acceptors (Lipinski definition) is 3. The molecule has 4 heteroatoms. The third-order valence-electron chi connectivity index (χ3n) is 8.97. The monoisotopic (exact) mass is 577 g/mol. The highest BCUT2D eigenvalue weighted by molar-refractivity contribution is 7.27. The van der Waals surface area contributed by atoms with Crippen molar-refractivity contribution < 1.29 is 0 Å². The summed E-state index contributed by atoms with van der Waals surface area (Å²) in [5.41, 5.74) is 5.23. The molecule has 0 unspecified atom stereocenters. The fraction of sp³-hybridized carbons (Fsp3) is 0. The summed E-state index contributed by atoms with van der Waals surface area (Å²) < 4.78 is 4.90. The van der Waals surface area contributed by atoms with Crippen molar-refractivity contribution in [2.75, 3.05) is 0 Å². The molecule has 0 bridgehead atoms. The highest BCUT2D eigenvalue weighted by Gasteiger charge is 2.24. The zero-order valence-corrected chi connectivity index (χ0v) is 24.3. The summed E-state index contributed by atoms with van der Waals surface area (Å²) in [4.78, 5) is 10.6. The number of aromatic nitrogens is 3. The van der Waals surface area contributed by atoms with E-state index >= 15 is 0 Å². The number of thiophene rings is 1. The second kappa shape index (κ2) is 8.96. The Morgan fingerprint density at radius 1 is 0.455 bits per heavy atom. The number of hydrogen-bond donors (Lipinski definition) is 0. The van der Waals surface area contributed by atoms with E-state index < -0.39 is 0 Å². The van der Waals surface area contributed by atoms with Crippen LogP contribution in [0.2, 0.25) is 0 Å². The van der Waals surface area contributed by atoms with Crippen molar-refractivity contribution in [1.82, 2.24) is 14.5 Å². The molecule has 0 amide bonds. The van der Waals surface area contributed by atoms with Crippen LogP contribution < -0.4 is 0 Å². The van der Waals surface area contributed by atoms with Crippen molar-refractivity contribution in [3.05, 3.63) is 140 Å². The molecule has 0 fully saturated rings. The molecule has 0 saturated heterocycles. The molecule has 0 N–H and O–H groups in total. The molecule has 0 radical (unpaired) electrons. The van der Waals surface area contributed by atoms with Crippen molar-refractivity contribution >= 4 is 85.8 Å². The lowest BCUT2D eigenvalue weighted by atomic mass is 9.98. The minimum Gasteiger partial charge on any atom is -0.276 e. The molecule has 10 rings (SSSR count).